The number of hydrogen-bond acceptors (Lipinski definition) is 6. The van der Waals surface area contributed by atoms with E-state index in [0.29, 0.717) is 11.8 Å². The Labute approximate surface area is 119 Å². The van der Waals surface area contributed by atoms with Crippen molar-refractivity contribution in [3.63, 3.8) is 0 Å². The van der Waals surface area contributed by atoms with Crippen molar-refractivity contribution in [3.05, 3.63) is 12.4 Å². The van der Waals surface area contributed by atoms with E-state index in [9.17, 15) is 5.11 Å². The van der Waals surface area contributed by atoms with E-state index in [0.717, 1.165) is 51.0 Å². The molecule has 2 fully saturated rings. The number of aromatic nitrogens is 2. The van der Waals surface area contributed by atoms with Gasteiger partial charge in [0.2, 0.25) is 0 Å². The van der Waals surface area contributed by atoms with E-state index in [2.05, 4.69) is 32.8 Å². The van der Waals surface area contributed by atoms with Crippen molar-refractivity contribution in [2.45, 2.75) is 6.92 Å². The average Bonchev–Trinajstić information content (AvgIpc) is 2.89. The Kier molecular flexibility index (Phi) is 4.03. The Bertz CT molecular complexity index is 451. The molecule has 6 nitrogen and oxygen atoms in total. The van der Waals surface area contributed by atoms with Gasteiger partial charge >= 0.3 is 0 Å². The lowest BCUT2D eigenvalue weighted by Crippen LogP contribution is -2.37. The number of rotatable bonds is 3. The van der Waals surface area contributed by atoms with E-state index < -0.39 is 0 Å². The molecule has 2 aliphatic heterocycles. The van der Waals surface area contributed by atoms with Crippen molar-refractivity contribution in [1.82, 2.24) is 9.97 Å². The first-order chi connectivity index (χ1) is 9.78. The van der Waals surface area contributed by atoms with Crippen LogP contribution in [0.5, 0.6) is 0 Å². The lowest BCUT2D eigenvalue weighted by Gasteiger charge is -2.28. The highest BCUT2D eigenvalue weighted by molar-refractivity contribution is 5.51. The summed E-state index contributed by atoms with van der Waals surface area (Å²) in [5.41, 5.74) is 0. The molecule has 1 aromatic heterocycles. The molecule has 0 bridgehead atoms. The summed E-state index contributed by atoms with van der Waals surface area (Å²) in [5, 5.41) is 9.38. The highest BCUT2D eigenvalue weighted by Gasteiger charge is 2.30. The first kappa shape index (κ1) is 13.6. The topological polar surface area (TPSA) is 61.7 Å². The van der Waals surface area contributed by atoms with Crippen LogP contribution >= 0.6 is 0 Å². The van der Waals surface area contributed by atoms with Crippen LogP contribution in [0.2, 0.25) is 0 Å². The molecule has 3 heterocycles. The number of nitrogens with zero attached hydrogens (tertiary/aromatic N) is 4. The summed E-state index contributed by atoms with van der Waals surface area (Å²) in [6.45, 7) is 7.53. The summed E-state index contributed by atoms with van der Waals surface area (Å²) in [6.07, 6.45) is 1.64. The average molecular weight is 278 g/mol. The van der Waals surface area contributed by atoms with Crippen molar-refractivity contribution in [3.8, 4) is 0 Å². The summed E-state index contributed by atoms with van der Waals surface area (Å²) >= 11 is 0. The van der Waals surface area contributed by atoms with Gasteiger partial charge in [-0.1, -0.05) is 6.92 Å². The highest BCUT2D eigenvalue weighted by Crippen LogP contribution is 2.28. The van der Waals surface area contributed by atoms with Gasteiger partial charge < -0.3 is 19.6 Å². The predicted molar refractivity (Wildman–Crippen MR) is 77.0 cm³/mol. The molecule has 0 spiro atoms. The molecule has 0 saturated carbocycles. The molecule has 3 rings (SSSR count). The van der Waals surface area contributed by atoms with Gasteiger partial charge in [0.25, 0.3) is 0 Å². The molecule has 2 aliphatic rings. The minimum Gasteiger partial charge on any atom is -0.396 e. The Morgan fingerprint density at radius 3 is 2.55 bits per heavy atom. The molecule has 2 atom stereocenters. The number of ether oxygens (including phenoxy) is 1. The first-order valence-corrected chi connectivity index (χ1v) is 7.28. The zero-order valence-corrected chi connectivity index (χ0v) is 11.9. The van der Waals surface area contributed by atoms with Crippen LogP contribution in [0.3, 0.4) is 0 Å². The van der Waals surface area contributed by atoms with Crippen molar-refractivity contribution >= 4 is 11.6 Å². The van der Waals surface area contributed by atoms with Crippen LogP contribution in [0.25, 0.3) is 0 Å². The standard InChI is InChI=1S/C14H22N4O2/c1-11-7-18(8-12(11)9-19)14-6-13(15-10-16-14)17-2-4-20-5-3-17/h6,10-12,19H,2-5,7-9H2,1H3/t11-,12+/m1/s1. The molecule has 0 amide bonds. The van der Waals surface area contributed by atoms with Gasteiger partial charge in [0, 0.05) is 44.8 Å². The van der Waals surface area contributed by atoms with Gasteiger partial charge in [-0.25, -0.2) is 9.97 Å². The van der Waals surface area contributed by atoms with Crippen molar-refractivity contribution < 1.29 is 9.84 Å². The normalized spacial score (nSPS) is 27.1. The second-order valence-corrected chi connectivity index (χ2v) is 5.66. The van der Waals surface area contributed by atoms with E-state index in [-0.39, 0.29) is 6.61 Å². The molecule has 6 heteroatoms. The van der Waals surface area contributed by atoms with Gasteiger partial charge in [0.1, 0.15) is 18.0 Å². The van der Waals surface area contributed by atoms with E-state index in [4.69, 9.17) is 4.74 Å². The molecule has 0 unspecified atom stereocenters. The fourth-order valence-corrected chi connectivity index (χ4v) is 2.93. The van der Waals surface area contributed by atoms with E-state index >= 15 is 0 Å². The molecule has 1 N–H and O–H groups in total. The fraction of sp³-hybridized carbons (Fsp3) is 0.714. The lowest BCUT2D eigenvalue weighted by atomic mass is 10.00. The van der Waals surface area contributed by atoms with Crippen LogP contribution < -0.4 is 9.80 Å². The van der Waals surface area contributed by atoms with Crippen LogP contribution in [0.4, 0.5) is 11.6 Å². The van der Waals surface area contributed by atoms with Gasteiger partial charge in [0.05, 0.1) is 13.2 Å². The quantitative estimate of drug-likeness (QED) is 0.862. The van der Waals surface area contributed by atoms with Crippen LogP contribution in [0.1, 0.15) is 6.92 Å². The summed E-state index contributed by atoms with van der Waals surface area (Å²) in [7, 11) is 0. The SMILES string of the molecule is C[C@@H]1CN(c2cc(N3CCOCC3)ncn2)C[C@H]1CO. The Morgan fingerprint density at radius 2 is 1.90 bits per heavy atom. The number of anilines is 2. The maximum absolute atomic E-state index is 9.38. The Hall–Kier alpha value is -1.40. The molecule has 0 aromatic carbocycles. The summed E-state index contributed by atoms with van der Waals surface area (Å²) in [6, 6.07) is 2.05. The van der Waals surface area contributed by atoms with Crippen LogP contribution in [-0.2, 0) is 4.74 Å². The summed E-state index contributed by atoms with van der Waals surface area (Å²) < 4.78 is 5.37. The third-order valence-electron chi connectivity index (χ3n) is 4.30. The lowest BCUT2D eigenvalue weighted by molar-refractivity contribution is 0.122. The van der Waals surface area contributed by atoms with E-state index in [1.807, 2.05) is 0 Å². The minimum atomic E-state index is 0.249. The second kappa shape index (κ2) is 5.93. The van der Waals surface area contributed by atoms with Gasteiger partial charge in [-0.15, -0.1) is 0 Å². The smallest absolute Gasteiger partial charge is 0.134 e. The number of aliphatic hydroxyl groups excluding tert-OH is 1. The zero-order valence-electron chi connectivity index (χ0n) is 11.9. The van der Waals surface area contributed by atoms with Gasteiger partial charge in [-0.3, -0.25) is 0 Å². The maximum Gasteiger partial charge on any atom is 0.134 e. The van der Waals surface area contributed by atoms with Crippen molar-refractivity contribution in [1.29, 1.82) is 0 Å². The van der Waals surface area contributed by atoms with Crippen molar-refractivity contribution in [2.75, 3.05) is 55.8 Å². The summed E-state index contributed by atoms with van der Waals surface area (Å²) in [4.78, 5) is 13.3. The Balaban J connectivity index is 1.74. The molecule has 2 saturated heterocycles. The summed E-state index contributed by atoms with van der Waals surface area (Å²) in [5.74, 6) is 2.78. The maximum atomic E-state index is 9.38. The zero-order chi connectivity index (χ0) is 13.9. The minimum absolute atomic E-state index is 0.249. The molecular formula is C14H22N4O2. The van der Waals surface area contributed by atoms with Gasteiger partial charge in [-0.2, -0.15) is 0 Å². The molecule has 0 radical (unpaired) electrons. The van der Waals surface area contributed by atoms with Crippen LogP contribution in [-0.4, -0.2) is 61.1 Å². The number of hydrogen-bond donors (Lipinski definition) is 1. The van der Waals surface area contributed by atoms with Crippen molar-refractivity contribution in [2.24, 2.45) is 11.8 Å². The first-order valence-electron chi connectivity index (χ1n) is 7.28. The molecule has 1 aromatic rings. The largest absolute Gasteiger partial charge is 0.396 e. The third kappa shape index (κ3) is 2.71. The van der Waals surface area contributed by atoms with E-state index in [1.54, 1.807) is 6.33 Å². The van der Waals surface area contributed by atoms with Crippen LogP contribution in [0.15, 0.2) is 12.4 Å². The van der Waals surface area contributed by atoms with Gasteiger partial charge in [0.15, 0.2) is 0 Å². The third-order valence-corrected chi connectivity index (χ3v) is 4.30. The second-order valence-electron chi connectivity index (χ2n) is 5.66. The van der Waals surface area contributed by atoms with E-state index in [1.165, 1.54) is 0 Å². The Morgan fingerprint density at radius 1 is 1.20 bits per heavy atom. The monoisotopic (exact) mass is 278 g/mol. The molecule has 20 heavy (non-hydrogen) atoms. The highest BCUT2D eigenvalue weighted by atomic mass is 16.5. The number of aliphatic hydroxyl groups is 1. The fourth-order valence-electron chi connectivity index (χ4n) is 2.93. The predicted octanol–water partition coefficient (Wildman–Crippen LogP) is 0.378. The van der Waals surface area contributed by atoms with Gasteiger partial charge in [-0.05, 0) is 5.92 Å². The molecular weight excluding hydrogens is 256 g/mol. The molecule has 0 aliphatic carbocycles. The number of morpholine rings is 1. The molecule has 110 valence electrons. The van der Waals surface area contributed by atoms with Crippen LogP contribution in [0, 0.1) is 11.8 Å².